The van der Waals surface area contributed by atoms with Crippen LogP contribution in [-0.4, -0.2) is 0 Å². The lowest BCUT2D eigenvalue weighted by atomic mass is 9.99. The van der Waals surface area contributed by atoms with Crippen molar-refractivity contribution in [2.24, 2.45) is 5.73 Å². The molecule has 0 spiro atoms. The molecule has 0 saturated heterocycles. The lowest BCUT2D eigenvalue weighted by molar-refractivity contribution is 0.627. The van der Waals surface area contributed by atoms with E-state index in [1.54, 1.807) is 24.3 Å². The van der Waals surface area contributed by atoms with Gasteiger partial charge in [-0.05, 0) is 41.5 Å². The van der Waals surface area contributed by atoms with Gasteiger partial charge in [0.25, 0.3) is 0 Å². The minimum Gasteiger partial charge on any atom is -0.320 e. The van der Waals surface area contributed by atoms with Crippen LogP contribution >= 0.6 is 34.8 Å². The molecule has 0 bridgehead atoms. The van der Waals surface area contributed by atoms with Crippen molar-refractivity contribution in [1.82, 2.24) is 0 Å². The molecule has 5 heteroatoms. The monoisotopic (exact) mass is 303 g/mol. The number of hydrogen-bond donors (Lipinski definition) is 1. The van der Waals surface area contributed by atoms with Gasteiger partial charge in [0.15, 0.2) is 0 Å². The van der Waals surface area contributed by atoms with E-state index in [4.69, 9.17) is 40.5 Å². The first-order valence-corrected chi connectivity index (χ1v) is 6.28. The molecule has 0 saturated carbocycles. The standard InChI is InChI=1S/C13H9Cl3FN/c14-8-2-3-10(15)9(6-8)13(18)7-1-4-12(17)11(16)5-7/h1-6,13H,18H2. The van der Waals surface area contributed by atoms with Gasteiger partial charge in [-0.25, -0.2) is 4.39 Å². The summed E-state index contributed by atoms with van der Waals surface area (Å²) in [6.45, 7) is 0. The number of nitrogens with two attached hydrogens (primary N) is 1. The van der Waals surface area contributed by atoms with Crippen LogP contribution < -0.4 is 5.73 Å². The molecule has 0 radical (unpaired) electrons. The van der Waals surface area contributed by atoms with Gasteiger partial charge in [0, 0.05) is 10.0 Å². The number of hydrogen-bond acceptors (Lipinski definition) is 1. The van der Waals surface area contributed by atoms with E-state index in [9.17, 15) is 4.39 Å². The second-order valence-corrected chi connectivity index (χ2v) is 5.07. The van der Waals surface area contributed by atoms with E-state index in [0.29, 0.717) is 21.2 Å². The molecule has 94 valence electrons. The topological polar surface area (TPSA) is 26.0 Å². The van der Waals surface area contributed by atoms with Crippen molar-refractivity contribution >= 4 is 34.8 Å². The van der Waals surface area contributed by atoms with E-state index >= 15 is 0 Å². The maximum atomic E-state index is 13.1. The van der Waals surface area contributed by atoms with Gasteiger partial charge in [0.1, 0.15) is 5.82 Å². The van der Waals surface area contributed by atoms with Gasteiger partial charge in [-0.2, -0.15) is 0 Å². The minimum absolute atomic E-state index is 0.0288. The highest BCUT2D eigenvalue weighted by atomic mass is 35.5. The summed E-state index contributed by atoms with van der Waals surface area (Å²) in [4.78, 5) is 0. The summed E-state index contributed by atoms with van der Waals surface area (Å²) in [5.74, 6) is -0.482. The Kier molecular flexibility index (Phi) is 4.13. The fraction of sp³-hybridized carbons (Fsp3) is 0.0769. The third-order valence-corrected chi connectivity index (χ3v) is 3.46. The van der Waals surface area contributed by atoms with Crippen LogP contribution in [0.2, 0.25) is 15.1 Å². The highest BCUT2D eigenvalue weighted by molar-refractivity contribution is 6.33. The highest BCUT2D eigenvalue weighted by Crippen LogP contribution is 2.30. The Labute approximate surface area is 119 Å². The van der Waals surface area contributed by atoms with Gasteiger partial charge in [-0.1, -0.05) is 40.9 Å². The zero-order chi connectivity index (χ0) is 13.3. The summed E-state index contributed by atoms with van der Waals surface area (Å²) >= 11 is 17.7. The number of benzene rings is 2. The van der Waals surface area contributed by atoms with Crippen LogP contribution in [0, 0.1) is 5.82 Å². The normalized spacial score (nSPS) is 12.5. The lowest BCUT2D eigenvalue weighted by Gasteiger charge is -2.15. The van der Waals surface area contributed by atoms with Gasteiger partial charge in [-0.15, -0.1) is 0 Å². The van der Waals surface area contributed by atoms with Crippen molar-refractivity contribution < 1.29 is 4.39 Å². The van der Waals surface area contributed by atoms with Crippen LogP contribution in [0.1, 0.15) is 17.2 Å². The first kappa shape index (κ1) is 13.6. The molecule has 0 amide bonds. The molecular weight excluding hydrogens is 296 g/mol. The largest absolute Gasteiger partial charge is 0.320 e. The maximum Gasteiger partial charge on any atom is 0.141 e. The third-order valence-electron chi connectivity index (χ3n) is 2.60. The molecule has 0 fully saturated rings. The number of halogens is 4. The molecule has 18 heavy (non-hydrogen) atoms. The van der Waals surface area contributed by atoms with E-state index in [-0.39, 0.29) is 5.02 Å². The summed E-state index contributed by atoms with van der Waals surface area (Å²) in [6.07, 6.45) is 0. The van der Waals surface area contributed by atoms with Crippen LogP contribution in [-0.2, 0) is 0 Å². The summed E-state index contributed by atoms with van der Waals surface area (Å²) in [5, 5.41) is 1.08. The third kappa shape index (κ3) is 2.78. The lowest BCUT2D eigenvalue weighted by Crippen LogP contribution is -2.12. The fourth-order valence-electron chi connectivity index (χ4n) is 1.64. The zero-order valence-corrected chi connectivity index (χ0v) is 11.4. The molecule has 0 heterocycles. The molecule has 2 rings (SSSR count). The SMILES string of the molecule is NC(c1ccc(F)c(Cl)c1)c1cc(Cl)ccc1Cl. The summed E-state index contributed by atoms with van der Waals surface area (Å²) in [7, 11) is 0. The maximum absolute atomic E-state index is 13.1. The zero-order valence-electron chi connectivity index (χ0n) is 9.13. The fourth-order valence-corrected chi connectivity index (χ4v) is 2.24. The predicted molar refractivity (Wildman–Crippen MR) is 73.9 cm³/mol. The van der Waals surface area contributed by atoms with Crippen molar-refractivity contribution in [3.05, 3.63) is 68.4 Å². The molecule has 0 aromatic heterocycles. The Balaban J connectivity index is 2.44. The Bertz CT molecular complexity index is 586. The van der Waals surface area contributed by atoms with Crippen LogP contribution in [0.25, 0.3) is 0 Å². The minimum atomic E-state index is -0.505. The smallest absolute Gasteiger partial charge is 0.141 e. The van der Waals surface area contributed by atoms with E-state index < -0.39 is 11.9 Å². The van der Waals surface area contributed by atoms with Gasteiger partial charge in [0.2, 0.25) is 0 Å². The van der Waals surface area contributed by atoms with E-state index in [1.807, 2.05) is 0 Å². The molecular formula is C13H9Cl3FN. The summed E-state index contributed by atoms with van der Waals surface area (Å²) in [5.41, 5.74) is 7.43. The van der Waals surface area contributed by atoms with Gasteiger partial charge in [0.05, 0.1) is 11.1 Å². The molecule has 0 aliphatic heterocycles. The molecule has 1 atom stereocenters. The van der Waals surface area contributed by atoms with E-state index in [0.717, 1.165) is 0 Å². The summed E-state index contributed by atoms with van der Waals surface area (Å²) < 4.78 is 13.1. The van der Waals surface area contributed by atoms with Crippen molar-refractivity contribution in [1.29, 1.82) is 0 Å². The first-order chi connectivity index (χ1) is 8.49. The highest BCUT2D eigenvalue weighted by Gasteiger charge is 2.14. The second-order valence-electron chi connectivity index (χ2n) is 3.82. The van der Waals surface area contributed by atoms with Crippen LogP contribution in [0.15, 0.2) is 36.4 Å². The Morgan fingerprint density at radius 3 is 2.33 bits per heavy atom. The molecule has 2 aromatic rings. The van der Waals surface area contributed by atoms with Crippen molar-refractivity contribution in [3.8, 4) is 0 Å². The van der Waals surface area contributed by atoms with E-state index in [1.165, 1.54) is 12.1 Å². The van der Waals surface area contributed by atoms with Crippen LogP contribution in [0.5, 0.6) is 0 Å². The van der Waals surface area contributed by atoms with Gasteiger partial charge < -0.3 is 5.73 Å². The predicted octanol–water partition coefficient (Wildman–Crippen LogP) is 4.83. The molecule has 2 N–H and O–H groups in total. The summed E-state index contributed by atoms with van der Waals surface area (Å²) in [6, 6.07) is 8.86. The van der Waals surface area contributed by atoms with E-state index in [2.05, 4.69) is 0 Å². The average molecular weight is 305 g/mol. The molecule has 0 aliphatic carbocycles. The quantitative estimate of drug-likeness (QED) is 0.844. The molecule has 1 nitrogen and oxygen atoms in total. The van der Waals surface area contributed by atoms with Gasteiger partial charge >= 0.3 is 0 Å². The Hall–Kier alpha value is -0.800. The first-order valence-electron chi connectivity index (χ1n) is 5.14. The van der Waals surface area contributed by atoms with Crippen molar-refractivity contribution in [3.63, 3.8) is 0 Å². The van der Waals surface area contributed by atoms with Crippen molar-refractivity contribution in [2.45, 2.75) is 6.04 Å². The molecule has 1 unspecified atom stereocenters. The van der Waals surface area contributed by atoms with Crippen LogP contribution in [0.4, 0.5) is 4.39 Å². The Morgan fingerprint density at radius 1 is 0.944 bits per heavy atom. The average Bonchev–Trinajstić information content (AvgIpc) is 2.35. The van der Waals surface area contributed by atoms with Gasteiger partial charge in [-0.3, -0.25) is 0 Å². The Morgan fingerprint density at radius 2 is 1.67 bits per heavy atom. The molecule has 2 aromatic carbocycles. The van der Waals surface area contributed by atoms with Crippen molar-refractivity contribution in [2.75, 3.05) is 0 Å². The van der Waals surface area contributed by atoms with Crippen LogP contribution in [0.3, 0.4) is 0 Å². The number of rotatable bonds is 2. The second kappa shape index (κ2) is 5.45. The molecule has 0 aliphatic rings.